The molecule has 1 fully saturated rings. The van der Waals surface area contributed by atoms with Crippen molar-refractivity contribution in [2.24, 2.45) is 0 Å². The first-order chi connectivity index (χ1) is 15.7. The van der Waals surface area contributed by atoms with Gasteiger partial charge in [0.05, 0.1) is 4.90 Å². The number of carbonyl (C=O) groups excluding carboxylic acids is 2. The molecule has 0 spiro atoms. The summed E-state index contributed by atoms with van der Waals surface area (Å²) < 4.78 is 32.6. The summed E-state index contributed by atoms with van der Waals surface area (Å²) in [5.74, 6) is -0.262. The highest BCUT2D eigenvalue weighted by atomic mass is 32.2. The van der Waals surface area contributed by atoms with Crippen molar-refractivity contribution in [1.82, 2.24) is 14.9 Å². The Kier molecular flexibility index (Phi) is 7.88. The van der Waals surface area contributed by atoms with Gasteiger partial charge < -0.3 is 15.4 Å². The molecule has 2 N–H and O–H groups in total. The van der Waals surface area contributed by atoms with Crippen molar-refractivity contribution in [2.45, 2.75) is 43.4 Å². The predicted octanol–water partition coefficient (Wildman–Crippen LogP) is 2.96. The van der Waals surface area contributed by atoms with Crippen LogP contribution in [0.25, 0.3) is 0 Å². The summed E-state index contributed by atoms with van der Waals surface area (Å²) in [7, 11) is -3.65. The van der Waals surface area contributed by atoms with E-state index in [1.807, 2.05) is 37.3 Å². The average Bonchev–Trinajstić information content (AvgIpc) is 2.82. The van der Waals surface area contributed by atoms with Gasteiger partial charge in [-0.05, 0) is 49.1 Å². The van der Waals surface area contributed by atoms with Gasteiger partial charge in [-0.15, -0.1) is 0 Å². The Hall–Kier alpha value is -3.17. The highest BCUT2D eigenvalue weighted by molar-refractivity contribution is 7.89. The minimum absolute atomic E-state index is 0.177. The number of benzene rings is 2. The summed E-state index contributed by atoms with van der Waals surface area (Å²) in [5.41, 5.74) is 1.19. The Bertz CT molecular complexity index is 1080. The van der Waals surface area contributed by atoms with E-state index in [9.17, 15) is 18.0 Å². The Labute approximate surface area is 194 Å². The van der Waals surface area contributed by atoms with Gasteiger partial charge in [-0.2, -0.15) is 4.31 Å². The van der Waals surface area contributed by atoms with Crippen LogP contribution in [-0.2, 0) is 32.7 Å². The molecule has 1 aliphatic heterocycles. The molecule has 9 heteroatoms. The van der Waals surface area contributed by atoms with Crippen LogP contribution in [0.15, 0.2) is 72.1 Å². The Morgan fingerprint density at radius 2 is 1.70 bits per heavy atom. The number of ether oxygens (including phenoxy) is 1. The van der Waals surface area contributed by atoms with E-state index in [2.05, 4.69) is 17.2 Å². The van der Waals surface area contributed by atoms with Crippen LogP contribution in [0.3, 0.4) is 0 Å². The van der Waals surface area contributed by atoms with E-state index in [1.54, 1.807) is 12.1 Å². The molecule has 0 atom stereocenters. The smallest absolute Gasteiger partial charge is 0.407 e. The standard InChI is InChI=1S/C24H29N3O5S/c1-3-22(28)26-24(2)13-15-27(16-14-24)33(30,31)21-11-9-19(10-12-21)17-25-23(29)32-18-20-7-5-4-6-8-20/h3-12H,1,13-18H2,2H3,(H,25,29)(H,26,28). The summed E-state index contributed by atoms with van der Waals surface area (Å²) in [6, 6.07) is 15.8. The highest BCUT2D eigenvalue weighted by Crippen LogP contribution is 2.26. The maximum absolute atomic E-state index is 13.0. The number of nitrogens with zero attached hydrogens (tertiary/aromatic N) is 1. The van der Waals surface area contributed by atoms with Crippen molar-refractivity contribution in [3.05, 3.63) is 78.4 Å². The Morgan fingerprint density at radius 1 is 1.06 bits per heavy atom. The monoisotopic (exact) mass is 471 g/mol. The van der Waals surface area contributed by atoms with Gasteiger partial charge in [0.2, 0.25) is 15.9 Å². The van der Waals surface area contributed by atoms with Crippen LogP contribution >= 0.6 is 0 Å². The number of alkyl carbamates (subject to hydrolysis) is 1. The van der Waals surface area contributed by atoms with Crippen LogP contribution in [0.5, 0.6) is 0 Å². The number of sulfonamides is 1. The minimum Gasteiger partial charge on any atom is -0.445 e. The minimum atomic E-state index is -3.65. The molecular formula is C24H29N3O5S. The number of piperidine rings is 1. The van der Waals surface area contributed by atoms with Gasteiger partial charge in [-0.25, -0.2) is 13.2 Å². The van der Waals surface area contributed by atoms with Crippen LogP contribution in [-0.4, -0.2) is 43.4 Å². The molecule has 0 aromatic heterocycles. The molecule has 33 heavy (non-hydrogen) atoms. The van der Waals surface area contributed by atoms with E-state index in [1.165, 1.54) is 22.5 Å². The quantitative estimate of drug-likeness (QED) is 0.576. The first-order valence-corrected chi connectivity index (χ1v) is 12.1. The van der Waals surface area contributed by atoms with Gasteiger partial charge in [-0.1, -0.05) is 49.0 Å². The fourth-order valence-corrected chi connectivity index (χ4v) is 5.01. The van der Waals surface area contributed by atoms with Crippen LogP contribution in [0.1, 0.15) is 30.9 Å². The maximum atomic E-state index is 13.0. The fraction of sp³-hybridized carbons (Fsp3) is 0.333. The Morgan fingerprint density at radius 3 is 2.30 bits per heavy atom. The molecule has 0 bridgehead atoms. The van der Waals surface area contributed by atoms with Crippen LogP contribution in [0.2, 0.25) is 0 Å². The lowest BCUT2D eigenvalue weighted by atomic mass is 9.90. The lowest BCUT2D eigenvalue weighted by molar-refractivity contribution is -0.118. The molecule has 8 nitrogen and oxygen atoms in total. The van der Waals surface area contributed by atoms with E-state index < -0.39 is 21.7 Å². The number of nitrogens with one attached hydrogen (secondary N) is 2. The predicted molar refractivity (Wildman–Crippen MR) is 125 cm³/mol. The number of rotatable bonds is 8. The molecule has 176 valence electrons. The van der Waals surface area contributed by atoms with Gasteiger partial charge >= 0.3 is 6.09 Å². The van der Waals surface area contributed by atoms with Gasteiger partial charge in [0.15, 0.2) is 0 Å². The summed E-state index contributed by atoms with van der Waals surface area (Å²) in [6.45, 7) is 6.38. The van der Waals surface area contributed by atoms with Crippen molar-refractivity contribution < 1.29 is 22.7 Å². The molecule has 0 aliphatic carbocycles. The molecule has 1 saturated heterocycles. The summed E-state index contributed by atoms with van der Waals surface area (Å²) in [4.78, 5) is 23.7. The summed E-state index contributed by atoms with van der Waals surface area (Å²) >= 11 is 0. The lowest BCUT2D eigenvalue weighted by Gasteiger charge is -2.39. The zero-order chi connectivity index (χ0) is 23.9. The van der Waals surface area contributed by atoms with E-state index in [0.29, 0.717) is 25.9 Å². The summed E-state index contributed by atoms with van der Waals surface area (Å²) in [5, 5.41) is 5.54. The zero-order valence-corrected chi connectivity index (χ0v) is 19.4. The lowest BCUT2D eigenvalue weighted by Crippen LogP contribution is -2.53. The van der Waals surface area contributed by atoms with E-state index in [0.717, 1.165) is 11.1 Å². The second-order valence-corrected chi connectivity index (χ2v) is 10.2. The van der Waals surface area contributed by atoms with Crippen molar-refractivity contribution in [2.75, 3.05) is 13.1 Å². The van der Waals surface area contributed by atoms with Crippen LogP contribution in [0, 0.1) is 0 Å². The molecule has 1 aliphatic rings. The Balaban J connectivity index is 1.51. The second-order valence-electron chi connectivity index (χ2n) is 8.22. The van der Waals surface area contributed by atoms with Crippen LogP contribution in [0.4, 0.5) is 4.79 Å². The van der Waals surface area contributed by atoms with E-state index in [-0.39, 0.29) is 24.0 Å². The molecule has 0 saturated carbocycles. The molecule has 2 aromatic rings. The first kappa shape index (κ1) is 24.5. The summed E-state index contributed by atoms with van der Waals surface area (Å²) in [6.07, 6.45) is 1.70. The highest BCUT2D eigenvalue weighted by Gasteiger charge is 2.36. The van der Waals surface area contributed by atoms with Crippen molar-refractivity contribution in [3.63, 3.8) is 0 Å². The number of hydrogen-bond donors (Lipinski definition) is 2. The topological polar surface area (TPSA) is 105 Å². The zero-order valence-electron chi connectivity index (χ0n) is 18.6. The van der Waals surface area contributed by atoms with Crippen LogP contribution < -0.4 is 10.6 Å². The number of amides is 2. The number of carbonyl (C=O) groups is 2. The third-order valence-corrected chi connectivity index (χ3v) is 7.56. The molecule has 0 unspecified atom stereocenters. The van der Waals surface area contributed by atoms with Gasteiger partial charge in [0, 0.05) is 25.2 Å². The largest absolute Gasteiger partial charge is 0.445 e. The first-order valence-electron chi connectivity index (χ1n) is 10.7. The van der Waals surface area contributed by atoms with Crippen molar-refractivity contribution >= 4 is 22.0 Å². The molecule has 2 aromatic carbocycles. The molecule has 3 rings (SSSR count). The van der Waals surface area contributed by atoms with Crippen molar-refractivity contribution in [3.8, 4) is 0 Å². The average molecular weight is 472 g/mol. The van der Waals surface area contributed by atoms with E-state index in [4.69, 9.17) is 4.74 Å². The maximum Gasteiger partial charge on any atom is 0.407 e. The third-order valence-electron chi connectivity index (χ3n) is 5.65. The van der Waals surface area contributed by atoms with Gasteiger partial charge in [0.1, 0.15) is 6.61 Å². The SMILES string of the molecule is C=CC(=O)NC1(C)CCN(S(=O)(=O)c2ccc(CNC(=O)OCc3ccccc3)cc2)CC1. The van der Waals surface area contributed by atoms with Gasteiger partial charge in [0.25, 0.3) is 0 Å². The molecule has 1 heterocycles. The molecule has 2 amide bonds. The fourth-order valence-electron chi connectivity index (χ4n) is 3.57. The number of hydrogen-bond acceptors (Lipinski definition) is 5. The van der Waals surface area contributed by atoms with E-state index >= 15 is 0 Å². The molecule has 0 radical (unpaired) electrons. The van der Waals surface area contributed by atoms with Crippen molar-refractivity contribution in [1.29, 1.82) is 0 Å². The third kappa shape index (κ3) is 6.66. The normalized spacial score (nSPS) is 15.9. The molecular weight excluding hydrogens is 442 g/mol. The second kappa shape index (κ2) is 10.6. The van der Waals surface area contributed by atoms with Gasteiger partial charge in [-0.3, -0.25) is 4.79 Å².